The molecule has 0 saturated heterocycles. The van der Waals surface area contributed by atoms with Gasteiger partial charge in [-0.3, -0.25) is 0 Å². The highest BCUT2D eigenvalue weighted by Gasteiger charge is 2.16. The Labute approximate surface area is 254 Å². The Morgan fingerprint density at radius 2 is 1.38 bits per heavy atom. The molecule has 4 heterocycles. The number of unbranched alkanes of at least 4 members (excludes halogenated alkanes) is 7. The molecule has 4 aromatic heterocycles. The van der Waals surface area contributed by atoms with Crippen molar-refractivity contribution in [2.75, 3.05) is 0 Å². The molecular weight excluding hydrogens is 565 g/mol. The van der Waals surface area contributed by atoms with Gasteiger partial charge in [0.25, 0.3) is 0 Å². The summed E-state index contributed by atoms with van der Waals surface area (Å²) in [5.74, 6) is 0. The lowest BCUT2D eigenvalue weighted by atomic mass is 10.1. The Morgan fingerprint density at radius 1 is 0.725 bits per heavy atom. The number of hydrogen-bond donors (Lipinski definition) is 0. The molecule has 5 rings (SSSR count). The highest BCUT2D eigenvalue weighted by atomic mass is 32.1. The summed E-state index contributed by atoms with van der Waals surface area (Å²) in [6.45, 7) is 9.94. The van der Waals surface area contributed by atoms with Crippen molar-refractivity contribution in [3.8, 4) is 16.5 Å². The van der Waals surface area contributed by atoms with E-state index >= 15 is 0 Å². The summed E-state index contributed by atoms with van der Waals surface area (Å²) >= 11 is 7.26. The fourth-order valence-electron chi connectivity index (χ4n) is 5.08. The molecule has 0 amide bonds. The van der Waals surface area contributed by atoms with Gasteiger partial charge in [-0.2, -0.15) is 16.6 Å². The Balaban J connectivity index is 1.19. The number of nitrogens with zero attached hydrogens (tertiary/aromatic N) is 2. The van der Waals surface area contributed by atoms with E-state index < -0.39 is 0 Å². The standard InChI is InChI=1S/C34H34N2S4/c1-3-4-5-6-7-8-9-13-16-26-17-25(23-35)30(37-26)18-27-20-33-34(38-27)21-28(39-33)19-32-29(36-2)22-31(40-32)24-14-11-10-12-15-24/h10-12,14-15,17,20-22H,3-9,13,16,18-19H2,1H3. The molecule has 0 bridgehead atoms. The molecule has 0 aliphatic heterocycles. The molecule has 0 spiro atoms. The first-order valence-corrected chi connectivity index (χ1v) is 17.5. The van der Waals surface area contributed by atoms with Gasteiger partial charge in [0.1, 0.15) is 6.07 Å². The predicted molar refractivity (Wildman–Crippen MR) is 177 cm³/mol. The van der Waals surface area contributed by atoms with Gasteiger partial charge in [0, 0.05) is 51.5 Å². The first-order valence-electron chi connectivity index (χ1n) is 14.2. The summed E-state index contributed by atoms with van der Waals surface area (Å²) in [4.78, 5) is 11.3. The summed E-state index contributed by atoms with van der Waals surface area (Å²) in [6.07, 6.45) is 13.4. The van der Waals surface area contributed by atoms with Crippen molar-refractivity contribution in [2.24, 2.45) is 0 Å². The van der Waals surface area contributed by atoms with Crippen molar-refractivity contribution in [3.63, 3.8) is 0 Å². The third kappa shape index (κ3) is 7.31. The van der Waals surface area contributed by atoms with Gasteiger partial charge < -0.3 is 0 Å². The second-order valence-corrected chi connectivity index (χ2v) is 15.0. The van der Waals surface area contributed by atoms with E-state index in [1.54, 1.807) is 11.3 Å². The molecule has 5 aromatic rings. The summed E-state index contributed by atoms with van der Waals surface area (Å²) < 4.78 is 2.63. The molecule has 0 aliphatic carbocycles. The molecular formula is C34H34N2S4. The van der Waals surface area contributed by atoms with Crippen LogP contribution in [0.25, 0.3) is 24.7 Å². The van der Waals surface area contributed by atoms with Crippen LogP contribution < -0.4 is 0 Å². The van der Waals surface area contributed by atoms with Gasteiger partial charge in [-0.25, -0.2) is 4.85 Å². The van der Waals surface area contributed by atoms with Crippen LogP contribution in [0.15, 0.2) is 54.6 Å². The van der Waals surface area contributed by atoms with Crippen molar-refractivity contribution in [1.29, 1.82) is 5.26 Å². The molecule has 2 nitrogen and oxygen atoms in total. The van der Waals surface area contributed by atoms with Gasteiger partial charge in [-0.15, -0.1) is 34.0 Å². The summed E-state index contributed by atoms with van der Waals surface area (Å²) in [7, 11) is 0. The first kappa shape index (κ1) is 28.8. The summed E-state index contributed by atoms with van der Waals surface area (Å²) in [5.41, 5.74) is 2.80. The summed E-state index contributed by atoms with van der Waals surface area (Å²) in [5, 5.41) is 9.76. The van der Waals surface area contributed by atoms with Crippen molar-refractivity contribution in [1.82, 2.24) is 0 Å². The molecule has 204 valence electrons. The minimum absolute atomic E-state index is 0.769. The third-order valence-corrected chi connectivity index (χ3v) is 11.9. The van der Waals surface area contributed by atoms with E-state index in [1.807, 2.05) is 58.3 Å². The van der Waals surface area contributed by atoms with Crippen LogP contribution in [0.4, 0.5) is 5.69 Å². The van der Waals surface area contributed by atoms with E-state index in [0.717, 1.165) is 40.3 Å². The Hall–Kier alpha value is -2.74. The molecule has 0 atom stereocenters. The second kappa shape index (κ2) is 14.2. The minimum Gasteiger partial charge on any atom is -0.237 e. The third-order valence-electron chi connectivity index (χ3n) is 7.20. The lowest BCUT2D eigenvalue weighted by molar-refractivity contribution is 0.576. The molecule has 0 aliphatic rings. The smallest absolute Gasteiger partial charge is 0.201 e. The number of benzene rings is 1. The number of hydrogen-bond acceptors (Lipinski definition) is 5. The maximum atomic E-state index is 9.76. The van der Waals surface area contributed by atoms with Gasteiger partial charge in [-0.1, -0.05) is 82.2 Å². The molecule has 6 heteroatoms. The van der Waals surface area contributed by atoms with Crippen LogP contribution in [0.2, 0.25) is 0 Å². The number of thiophene rings is 4. The topological polar surface area (TPSA) is 28.1 Å². The van der Waals surface area contributed by atoms with E-state index in [1.165, 1.54) is 85.8 Å². The molecule has 0 N–H and O–H groups in total. The lowest BCUT2D eigenvalue weighted by Gasteiger charge is -2.00. The summed E-state index contributed by atoms with van der Waals surface area (Å²) in [6, 6.07) is 21.6. The quantitative estimate of drug-likeness (QED) is 0.0923. The normalized spacial score (nSPS) is 11.2. The molecule has 40 heavy (non-hydrogen) atoms. The maximum absolute atomic E-state index is 9.76. The van der Waals surface area contributed by atoms with E-state index in [4.69, 9.17) is 6.57 Å². The average Bonchev–Trinajstić information content (AvgIpc) is 3.74. The van der Waals surface area contributed by atoms with E-state index in [-0.39, 0.29) is 0 Å². The number of aryl methyl sites for hydroxylation is 1. The van der Waals surface area contributed by atoms with Crippen molar-refractivity contribution in [2.45, 2.75) is 77.6 Å². The Bertz CT molecular complexity index is 1590. The maximum Gasteiger partial charge on any atom is 0.201 e. The lowest BCUT2D eigenvalue weighted by Crippen LogP contribution is -1.83. The number of rotatable bonds is 14. The zero-order valence-corrected chi connectivity index (χ0v) is 26.3. The van der Waals surface area contributed by atoms with Crippen LogP contribution in [-0.2, 0) is 19.3 Å². The highest BCUT2D eigenvalue weighted by Crippen LogP contribution is 2.41. The predicted octanol–water partition coefficient (Wildman–Crippen LogP) is 12.0. The average molecular weight is 599 g/mol. The zero-order chi connectivity index (χ0) is 27.7. The van der Waals surface area contributed by atoms with Gasteiger partial charge in [0.15, 0.2) is 0 Å². The van der Waals surface area contributed by atoms with Gasteiger partial charge in [0.05, 0.1) is 12.1 Å². The number of fused-ring (bicyclic) bond motifs is 1. The van der Waals surface area contributed by atoms with E-state index in [9.17, 15) is 5.26 Å². The van der Waals surface area contributed by atoms with Crippen LogP contribution in [0.1, 0.15) is 88.2 Å². The van der Waals surface area contributed by atoms with Gasteiger partial charge in [0.2, 0.25) is 5.69 Å². The molecule has 1 aromatic carbocycles. The minimum atomic E-state index is 0.769. The molecule has 0 radical (unpaired) electrons. The number of nitriles is 1. The second-order valence-electron chi connectivity index (χ2n) is 10.3. The Morgan fingerprint density at radius 3 is 2.02 bits per heavy atom. The first-order chi connectivity index (χ1) is 19.7. The van der Waals surface area contributed by atoms with Gasteiger partial charge >= 0.3 is 0 Å². The van der Waals surface area contributed by atoms with Crippen molar-refractivity contribution >= 4 is 60.4 Å². The highest BCUT2D eigenvalue weighted by molar-refractivity contribution is 7.28. The largest absolute Gasteiger partial charge is 0.237 e. The fraction of sp³-hybridized carbons (Fsp3) is 0.353. The van der Waals surface area contributed by atoms with Crippen LogP contribution in [-0.4, -0.2) is 0 Å². The van der Waals surface area contributed by atoms with Crippen LogP contribution in [0.3, 0.4) is 0 Å². The Kier molecular flexibility index (Phi) is 10.2. The molecule has 0 saturated carbocycles. The zero-order valence-electron chi connectivity index (χ0n) is 23.0. The van der Waals surface area contributed by atoms with Gasteiger partial charge in [-0.05, 0) is 42.7 Å². The molecule has 0 fully saturated rings. The fourth-order valence-corrected chi connectivity index (χ4v) is 10.0. The van der Waals surface area contributed by atoms with Crippen molar-refractivity contribution in [3.05, 3.63) is 96.0 Å². The van der Waals surface area contributed by atoms with Crippen LogP contribution in [0.5, 0.6) is 0 Å². The van der Waals surface area contributed by atoms with Crippen molar-refractivity contribution < 1.29 is 0 Å². The van der Waals surface area contributed by atoms with Crippen LogP contribution in [0, 0.1) is 17.9 Å². The molecule has 0 unspecified atom stereocenters. The SMILES string of the molecule is [C-]#[N+]c1cc(-c2ccccc2)sc1Cc1cc2sc(Cc3sc(CCCCCCCCCC)cc3C#N)cc2s1. The van der Waals surface area contributed by atoms with E-state index in [0.29, 0.717) is 0 Å². The monoisotopic (exact) mass is 598 g/mol. The van der Waals surface area contributed by atoms with E-state index in [2.05, 4.69) is 48.2 Å². The van der Waals surface area contributed by atoms with Crippen LogP contribution >= 0.6 is 45.3 Å².